The molecule has 1 aliphatic rings. The average Bonchev–Trinajstić information content (AvgIpc) is 2.81. The minimum Gasteiger partial charge on any atom is -0.494 e. The predicted molar refractivity (Wildman–Crippen MR) is 75.7 cm³/mol. The molecule has 2 heteroatoms. The maximum absolute atomic E-state index is 11.8. The van der Waals surface area contributed by atoms with Gasteiger partial charge in [-0.15, -0.1) is 0 Å². The molecule has 0 amide bonds. The highest BCUT2D eigenvalue weighted by Crippen LogP contribution is 2.29. The molecule has 0 atom stereocenters. The maximum atomic E-state index is 11.8. The molecule has 0 N–H and O–H groups in total. The van der Waals surface area contributed by atoms with Crippen LogP contribution < -0.4 is 4.74 Å². The summed E-state index contributed by atoms with van der Waals surface area (Å²) in [5.74, 6) is 1.14. The summed E-state index contributed by atoms with van der Waals surface area (Å²) >= 11 is 0. The van der Waals surface area contributed by atoms with E-state index in [4.69, 9.17) is 4.74 Å². The van der Waals surface area contributed by atoms with Gasteiger partial charge in [0.2, 0.25) is 0 Å². The summed E-state index contributed by atoms with van der Waals surface area (Å²) in [5, 5.41) is 0. The van der Waals surface area contributed by atoms with Gasteiger partial charge in [-0.05, 0) is 48.2 Å². The molecule has 0 fully saturated rings. The fourth-order valence-corrected chi connectivity index (χ4v) is 2.53. The molecular formula is C17H16O2. The minimum absolute atomic E-state index is 0.266. The Morgan fingerprint density at radius 2 is 1.74 bits per heavy atom. The van der Waals surface area contributed by atoms with Crippen LogP contribution in [0.3, 0.4) is 0 Å². The second kappa shape index (κ2) is 4.88. The largest absolute Gasteiger partial charge is 0.494 e. The molecule has 0 bridgehead atoms. The topological polar surface area (TPSA) is 26.3 Å². The van der Waals surface area contributed by atoms with Crippen LogP contribution in [0.25, 0.3) is 11.1 Å². The van der Waals surface area contributed by atoms with Crippen molar-refractivity contribution in [3.05, 3.63) is 53.6 Å². The van der Waals surface area contributed by atoms with Crippen LogP contribution in [-0.2, 0) is 6.42 Å². The standard InChI is InChI=1S/C17H16O2/c1-2-19-15-8-5-12(6-9-15)14-4-3-13-7-10-17(18)16(13)11-14/h3-6,8-9,11H,2,7,10H2,1H3. The zero-order valence-corrected chi connectivity index (χ0v) is 11.0. The number of carbonyl (C=O) groups is 1. The van der Waals surface area contributed by atoms with Gasteiger partial charge in [0.25, 0.3) is 0 Å². The van der Waals surface area contributed by atoms with Gasteiger partial charge in [-0.25, -0.2) is 0 Å². The lowest BCUT2D eigenvalue weighted by Crippen LogP contribution is -1.92. The summed E-state index contributed by atoms with van der Waals surface area (Å²) < 4.78 is 5.43. The van der Waals surface area contributed by atoms with Crippen molar-refractivity contribution < 1.29 is 9.53 Å². The van der Waals surface area contributed by atoms with Gasteiger partial charge in [-0.3, -0.25) is 4.79 Å². The fraction of sp³-hybridized carbons (Fsp3) is 0.235. The second-order valence-corrected chi connectivity index (χ2v) is 4.75. The normalized spacial score (nSPS) is 13.4. The fourth-order valence-electron chi connectivity index (χ4n) is 2.53. The molecule has 2 aromatic rings. The monoisotopic (exact) mass is 252 g/mol. The van der Waals surface area contributed by atoms with Crippen LogP contribution in [0.1, 0.15) is 29.3 Å². The van der Waals surface area contributed by atoms with E-state index in [9.17, 15) is 4.79 Å². The number of rotatable bonds is 3. The Morgan fingerprint density at radius 1 is 1.00 bits per heavy atom. The van der Waals surface area contributed by atoms with E-state index in [1.54, 1.807) is 0 Å². The van der Waals surface area contributed by atoms with Gasteiger partial charge in [0, 0.05) is 12.0 Å². The molecule has 0 spiro atoms. The first-order valence-corrected chi connectivity index (χ1v) is 6.67. The molecule has 0 heterocycles. The SMILES string of the molecule is CCOc1ccc(-c2ccc3c(c2)C(=O)CC3)cc1. The van der Waals surface area contributed by atoms with Crippen LogP contribution in [-0.4, -0.2) is 12.4 Å². The molecule has 1 aliphatic carbocycles. The van der Waals surface area contributed by atoms with Crippen LogP contribution in [0.5, 0.6) is 5.75 Å². The number of benzene rings is 2. The molecule has 2 nitrogen and oxygen atoms in total. The quantitative estimate of drug-likeness (QED) is 0.828. The maximum Gasteiger partial charge on any atom is 0.163 e. The zero-order valence-electron chi connectivity index (χ0n) is 11.0. The first-order chi connectivity index (χ1) is 9.28. The van der Waals surface area contributed by atoms with Gasteiger partial charge in [-0.2, -0.15) is 0 Å². The third-order valence-corrected chi connectivity index (χ3v) is 3.53. The summed E-state index contributed by atoms with van der Waals surface area (Å²) in [7, 11) is 0. The molecule has 0 aliphatic heterocycles. The van der Waals surface area contributed by atoms with Gasteiger partial charge in [0.05, 0.1) is 6.61 Å². The average molecular weight is 252 g/mol. The first-order valence-electron chi connectivity index (χ1n) is 6.67. The van der Waals surface area contributed by atoms with Crippen molar-refractivity contribution in [1.29, 1.82) is 0 Å². The van der Waals surface area contributed by atoms with Crippen LogP contribution in [0.2, 0.25) is 0 Å². The Hall–Kier alpha value is -2.09. The van der Waals surface area contributed by atoms with E-state index < -0.39 is 0 Å². The third-order valence-electron chi connectivity index (χ3n) is 3.53. The molecule has 0 saturated heterocycles. The Morgan fingerprint density at radius 3 is 2.47 bits per heavy atom. The van der Waals surface area contributed by atoms with Gasteiger partial charge in [-0.1, -0.05) is 24.3 Å². The lowest BCUT2D eigenvalue weighted by Gasteiger charge is -2.07. The summed E-state index contributed by atoms with van der Waals surface area (Å²) in [6.45, 7) is 2.65. The highest BCUT2D eigenvalue weighted by Gasteiger charge is 2.19. The highest BCUT2D eigenvalue weighted by molar-refractivity contribution is 6.01. The van der Waals surface area contributed by atoms with Crippen molar-refractivity contribution in [2.24, 2.45) is 0 Å². The van der Waals surface area contributed by atoms with Crippen molar-refractivity contribution in [2.45, 2.75) is 19.8 Å². The molecule has 0 saturated carbocycles. The number of aryl methyl sites for hydroxylation is 1. The first kappa shape index (κ1) is 12.0. The van der Waals surface area contributed by atoms with Gasteiger partial charge >= 0.3 is 0 Å². The second-order valence-electron chi connectivity index (χ2n) is 4.75. The summed E-state index contributed by atoms with van der Waals surface area (Å²) in [6, 6.07) is 14.2. The van der Waals surface area contributed by atoms with Crippen molar-refractivity contribution in [3.63, 3.8) is 0 Å². The van der Waals surface area contributed by atoms with E-state index >= 15 is 0 Å². The Kier molecular flexibility index (Phi) is 3.08. The van der Waals surface area contributed by atoms with E-state index in [1.165, 1.54) is 5.56 Å². The Bertz CT molecular complexity index is 612. The van der Waals surface area contributed by atoms with Crippen molar-refractivity contribution in [2.75, 3.05) is 6.61 Å². The van der Waals surface area contributed by atoms with Crippen LogP contribution in [0.4, 0.5) is 0 Å². The van der Waals surface area contributed by atoms with Crippen molar-refractivity contribution in [3.8, 4) is 16.9 Å². The zero-order chi connectivity index (χ0) is 13.2. The summed E-state index contributed by atoms with van der Waals surface area (Å²) in [4.78, 5) is 11.8. The predicted octanol–water partition coefficient (Wildman–Crippen LogP) is 3.88. The van der Waals surface area contributed by atoms with E-state index in [2.05, 4.69) is 12.1 Å². The molecule has 0 radical (unpaired) electrons. The molecule has 0 aromatic heterocycles. The Balaban J connectivity index is 1.94. The van der Waals surface area contributed by atoms with Crippen molar-refractivity contribution in [1.82, 2.24) is 0 Å². The lowest BCUT2D eigenvalue weighted by molar-refractivity contribution is 0.0994. The third kappa shape index (κ3) is 2.26. The number of carbonyl (C=O) groups excluding carboxylic acids is 1. The van der Waals surface area contributed by atoms with E-state index in [-0.39, 0.29) is 5.78 Å². The number of hydrogen-bond donors (Lipinski definition) is 0. The number of hydrogen-bond acceptors (Lipinski definition) is 2. The van der Waals surface area contributed by atoms with Crippen LogP contribution in [0, 0.1) is 0 Å². The van der Waals surface area contributed by atoms with E-state index in [0.29, 0.717) is 13.0 Å². The highest BCUT2D eigenvalue weighted by atomic mass is 16.5. The van der Waals surface area contributed by atoms with Crippen LogP contribution >= 0.6 is 0 Å². The summed E-state index contributed by atoms with van der Waals surface area (Å²) in [5.41, 5.74) is 4.29. The number of Topliss-reactive ketones (excluding diaryl/α,β-unsaturated/α-hetero) is 1. The van der Waals surface area contributed by atoms with Crippen LogP contribution in [0.15, 0.2) is 42.5 Å². The van der Waals surface area contributed by atoms with Gasteiger partial charge < -0.3 is 4.74 Å². The number of fused-ring (bicyclic) bond motifs is 1. The molecule has 96 valence electrons. The lowest BCUT2D eigenvalue weighted by atomic mass is 10.0. The summed E-state index contributed by atoms with van der Waals surface area (Å²) in [6.07, 6.45) is 1.54. The minimum atomic E-state index is 0.266. The number of ketones is 1. The molecule has 3 rings (SSSR count). The molecule has 2 aromatic carbocycles. The van der Waals surface area contributed by atoms with E-state index in [0.717, 1.165) is 28.9 Å². The van der Waals surface area contributed by atoms with Gasteiger partial charge in [0.1, 0.15) is 5.75 Å². The van der Waals surface area contributed by atoms with E-state index in [1.807, 2.05) is 37.3 Å². The Labute approximate surface area is 113 Å². The smallest absolute Gasteiger partial charge is 0.163 e. The number of ether oxygens (including phenoxy) is 1. The molecular weight excluding hydrogens is 236 g/mol. The van der Waals surface area contributed by atoms with Crippen molar-refractivity contribution >= 4 is 5.78 Å². The molecule has 19 heavy (non-hydrogen) atoms. The molecule has 0 unspecified atom stereocenters. The van der Waals surface area contributed by atoms with Gasteiger partial charge in [0.15, 0.2) is 5.78 Å².